The van der Waals surface area contributed by atoms with Gasteiger partial charge in [0.05, 0.1) is 17.8 Å². The second-order valence-corrected chi connectivity index (χ2v) is 8.29. The summed E-state index contributed by atoms with van der Waals surface area (Å²) in [6, 6.07) is 13.3. The largest absolute Gasteiger partial charge is 0.494 e. The Morgan fingerprint density at radius 2 is 1.58 bits per heavy atom. The summed E-state index contributed by atoms with van der Waals surface area (Å²) < 4.78 is 43.6. The molecule has 0 saturated carbocycles. The van der Waals surface area contributed by atoms with Crippen LogP contribution in [0.5, 0.6) is 5.75 Å². The van der Waals surface area contributed by atoms with Crippen LogP contribution in [0.3, 0.4) is 0 Å². The van der Waals surface area contributed by atoms with Crippen molar-refractivity contribution in [1.82, 2.24) is 4.90 Å². The molecule has 1 heterocycles. The van der Waals surface area contributed by atoms with Crippen LogP contribution < -0.4 is 9.64 Å². The van der Waals surface area contributed by atoms with Gasteiger partial charge in [-0.25, -0.2) is 0 Å². The van der Waals surface area contributed by atoms with Crippen molar-refractivity contribution in [3.8, 4) is 5.75 Å². The molecule has 2 aromatic rings. The minimum atomic E-state index is -4.31. The second-order valence-electron chi connectivity index (χ2n) is 8.29. The van der Waals surface area contributed by atoms with Crippen LogP contribution in [0.25, 0.3) is 0 Å². The zero-order chi connectivity index (χ0) is 22.5. The lowest BCUT2D eigenvalue weighted by molar-refractivity contribution is -0.137. The first-order valence-corrected chi connectivity index (χ1v) is 10.7. The van der Waals surface area contributed by atoms with Crippen LogP contribution in [0.4, 0.5) is 18.9 Å². The third-order valence-corrected chi connectivity index (χ3v) is 5.98. The minimum Gasteiger partial charge on any atom is -0.494 e. The van der Waals surface area contributed by atoms with E-state index in [1.54, 1.807) is 0 Å². The maximum absolute atomic E-state index is 12.7. The fourth-order valence-corrected chi connectivity index (χ4v) is 3.90. The van der Waals surface area contributed by atoms with E-state index in [1.807, 2.05) is 38.2 Å². The van der Waals surface area contributed by atoms with Crippen LogP contribution in [0.2, 0.25) is 0 Å². The van der Waals surface area contributed by atoms with E-state index in [0.29, 0.717) is 32.4 Å². The van der Waals surface area contributed by atoms with E-state index in [1.165, 1.54) is 12.1 Å². The van der Waals surface area contributed by atoms with Crippen molar-refractivity contribution >= 4 is 30.5 Å². The first kappa shape index (κ1) is 29.4. The molecule has 0 radical (unpaired) electrons. The highest BCUT2D eigenvalue weighted by Crippen LogP contribution is 2.30. The molecule has 0 unspecified atom stereocenters. The molecule has 9 heteroatoms. The summed E-state index contributed by atoms with van der Waals surface area (Å²) in [5, 5.41) is 11.0. The fourth-order valence-electron chi connectivity index (χ4n) is 3.90. The molecule has 2 aromatic carbocycles. The number of aliphatic hydroxyl groups is 1. The normalized spacial score (nSPS) is 15.8. The van der Waals surface area contributed by atoms with E-state index in [0.717, 1.165) is 48.8 Å². The molecule has 1 aliphatic rings. The van der Waals surface area contributed by atoms with Gasteiger partial charge in [0.25, 0.3) is 0 Å². The lowest BCUT2D eigenvalue weighted by Gasteiger charge is -2.39. The van der Waals surface area contributed by atoms with Gasteiger partial charge in [-0.05, 0) is 68.1 Å². The van der Waals surface area contributed by atoms with Crippen molar-refractivity contribution in [3.63, 3.8) is 0 Å². The molecule has 0 aromatic heterocycles. The monoisotopic (exact) mass is 508 g/mol. The Bertz CT molecular complexity index is 825. The molecule has 1 saturated heterocycles. The predicted molar refractivity (Wildman–Crippen MR) is 131 cm³/mol. The minimum absolute atomic E-state index is 0. The Labute approximate surface area is 206 Å². The lowest BCUT2D eigenvalue weighted by Crippen LogP contribution is -2.45. The van der Waals surface area contributed by atoms with E-state index in [2.05, 4.69) is 9.80 Å². The third kappa shape index (κ3) is 8.56. The summed E-state index contributed by atoms with van der Waals surface area (Å²) in [4.78, 5) is 4.31. The van der Waals surface area contributed by atoms with Gasteiger partial charge in [0, 0.05) is 38.9 Å². The zero-order valence-corrected chi connectivity index (χ0v) is 20.6. The van der Waals surface area contributed by atoms with E-state index >= 15 is 0 Å². The second kappa shape index (κ2) is 12.7. The average molecular weight is 509 g/mol. The van der Waals surface area contributed by atoms with Crippen molar-refractivity contribution in [2.24, 2.45) is 0 Å². The summed E-state index contributed by atoms with van der Waals surface area (Å²) in [6.07, 6.45) is -2.32. The number of likely N-dealkylation sites (tertiary alicyclic amines) is 1. The first-order chi connectivity index (χ1) is 14.7. The van der Waals surface area contributed by atoms with Crippen molar-refractivity contribution < 1.29 is 23.0 Å². The van der Waals surface area contributed by atoms with E-state index < -0.39 is 17.3 Å². The Morgan fingerprint density at radius 1 is 1.00 bits per heavy atom. The Kier molecular flexibility index (Phi) is 11.3. The average Bonchev–Trinajstić information content (AvgIpc) is 2.74. The SMILES string of the molecule is CCOc1ccc(N(C)CCC2(O)CCN(Cc3ccc(C(F)(F)F)cc3)CC2)cc1.Cl.Cl. The Hall–Kier alpha value is -1.67. The highest BCUT2D eigenvalue weighted by molar-refractivity contribution is 5.85. The molecule has 0 atom stereocenters. The standard InChI is InChI=1S/C24H31F3N2O2.2ClH/c1-3-31-22-10-8-21(9-11-22)28(2)15-12-23(30)13-16-29(17-14-23)18-19-4-6-20(7-5-19)24(25,26)27;;/h4-11,30H,3,12-18H2,1-2H3;2*1H. The van der Waals surface area contributed by atoms with Crippen LogP contribution in [0.15, 0.2) is 48.5 Å². The number of alkyl halides is 3. The Balaban J connectivity index is 0.00000272. The summed E-state index contributed by atoms with van der Waals surface area (Å²) >= 11 is 0. The third-order valence-electron chi connectivity index (χ3n) is 5.98. The topological polar surface area (TPSA) is 35.9 Å². The molecular weight excluding hydrogens is 476 g/mol. The van der Waals surface area contributed by atoms with E-state index in [4.69, 9.17) is 4.74 Å². The molecule has 186 valence electrons. The van der Waals surface area contributed by atoms with Crippen molar-refractivity contribution in [1.29, 1.82) is 0 Å². The summed E-state index contributed by atoms with van der Waals surface area (Å²) in [5.74, 6) is 0.846. The van der Waals surface area contributed by atoms with E-state index in [9.17, 15) is 18.3 Å². The number of piperidine rings is 1. The van der Waals surface area contributed by atoms with Crippen LogP contribution >= 0.6 is 24.8 Å². The molecule has 0 spiro atoms. The van der Waals surface area contributed by atoms with Gasteiger partial charge < -0.3 is 14.7 Å². The molecular formula is C24H33Cl2F3N2O2. The van der Waals surface area contributed by atoms with E-state index in [-0.39, 0.29) is 24.8 Å². The number of anilines is 1. The molecule has 0 amide bonds. The number of halogens is 5. The summed E-state index contributed by atoms with van der Waals surface area (Å²) in [6.45, 7) is 5.38. The highest BCUT2D eigenvalue weighted by atomic mass is 35.5. The number of benzene rings is 2. The quantitative estimate of drug-likeness (QED) is 0.488. The fraction of sp³-hybridized carbons (Fsp3) is 0.500. The van der Waals surface area contributed by atoms with Crippen LogP contribution in [0.1, 0.15) is 37.3 Å². The predicted octanol–water partition coefficient (Wildman–Crippen LogP) is 5.80. The smallest absolute Gasteiger partial charge is 0.416 e. The number of rotatable bonds is 8. The molecule has 0 aliphatic carbocycles. The van der Waals surface area contributed by atoms with Gasteiger partial charge >= 0.3 is 6.18 Å². The molecule has 1 fully saturated rings. The molecule has 3 rings (SSSR count). The van der Waals surface area contributed by atoms with Crippen molar-refractivity contribution in [2.75, 3.05) is 38.2 Å². The maximum atomic E-state index is 12.7. The highest BCUT2D eigenvalue weighted by Gasteiger charge is 2.33. The van der Waals surface area contributed by atoms with Crippen molar-refractivity contribution in [3.05, 3.63) is 59.7 Å². The molecule has 33 heavy (non-hydrogen) atoms. The van der Waals surface area contributed by atoms with Gasteiger partial charge in [-0.1, -0.05) is 12.1 Å². The molecule has 0 bridgehead atoms. The number of hydrogen-bond acceptors (Lipinski definition) is 4. The van der Waals surface area contributed by atoms with Crippen molar-refractivity contribution in [2.45, 2.75) is 44.5 Å². The first-order valence-electron chi connectivity index (χ1n) is 10.7. The number of nitrogens with zero attached hydrogens (tertiary/aromatic N) is 2. The maximum Gasteiger partial charge on any atom is 0.416 e. The zero-order valence-electron chi connectivity index (χ0n) is 19.0. The van der Waals surface area contributed by atoms with Crippen LogP contribution in [-0.4, -0.2) is 48.9 Å². The molecule has 4 nitrogen and oxygen atoms in total. The summed E-state index contributed by atoms with van der Waals surface area (Å²) in [5.41, 5.74) is 0.595. The van der Waals surface area contributed by atoms with Gasteiger partial charge in [-0.3, -0.25) is 4.90 Å². The number of hydrogen-bond donors (Lipinski definition) is 1. The summed E-state index contributed by atoms with van der Waals surface area (Å²) in [7, 11) is 2.01. The molecule has 1 N–H and O–H groups in total. The van der Waals surface area contributed by atoms with Gasteiger partial charge in [0.1, 0.15) is 5.75 Å². The lowest BCUT2D eigenvalue weighted by atomic mass is 9.88. The van der Waals surface area contributed by atoms with Gasteiger partial charge in [-0.15, -0.1) is 24.8 Å². The van der Waals surface area contributed by atoms with Crippen LogP contribution in [-0.2, 0) is 12.7 Å². The molecule has 1 aliphatic heterocycles. The number of ether oxygens (including phenoxy) is 1. The van der Waals surface area contributed by atoms with Gasteiger partial charge in [0.15, 0.2) is 0 Å². The Morgan fingerprint density at radius 3 is 2.09 bits per heavy atom. The van der Waals surface area contributed by atoms with Gasteiger partial charge in [0.2, 0.25) is 0 Å². The van der Waals surface area contributed by atoms with Crippen LogP contribution in [0, 0.1) is 0 Å². The van der Waals surface area contributed by atoms with Gasteiger partial charge in [-0.2, -0.15) is 13.2 Å².